The Balaban J connectivity index is 1.22. The van der Waals surface area contributed by atoms with Crippen molar-refractivity contribution in [3.63, 3.8) is 0 Å². The molecule has 29 heavy (non-hydrogen) atoms. The first-order valence-corrected chi connectivity index (χ1v) is 11.0. The lowest BCUT2D eigenvalue weighted by Crippen LogP contribution is -2.48. The molecule has 1 aromatic rings. The van der Waals surface area contributed by atoms with E-state index in [1.807, 2.05) is 24.3 Å². The van der Waals surface area contributed by atoms with E-state index in [1.165, 1.54) is 12.8 Å². The Labute approximate surface area is 173 Å². The largest absolute Gasteiger partial charge is 0.491 e. The summed E-state index contributed by atoms with van der Waals surface area (Å²) in [5.74, 6) is 1.30. The van der Waals surface area contributed by atoms with Crippen LogP contribution in [0.3, 0.4) is 0 Å². The second-order valence-corrected chi connectivity index (χ2v) is 8.24. The van der Waals surface area contributed by atoms with Crippen LogP contribution in [0.15, 0.2) is 24.3 Å². The summed E-state index contributed by atoms with van der Waals surface area (Å²) in [6.45, 7) is 5.95. The number of amides is 2. The standard InChI is InChI=1S/C22H33N3O4/c26-22(23-14-21(17-9-13-27-15-17)25-10-1-2-11-25)24-18-5-7-19(8-6-18)29-16-20-4-3-12-28-20/h5-8,17,20-21H,1-4,9-16H2,(H2,23,24,26)/t17-,20-,21-/m1/s1. The van der Waals surface area contributed by atoms with E-state index < -0.39 is 0 Å². The average Bonchev–Trinajstić information content (AvgIpc) is 3.51. The summed E-state index contributed by atoms with van der Waals surface area (Å²) in [7, 11) is 0. The molecule has 3 fully saturated rings. The second kappa shape index (κ2) is 10.3. The number of hydrogen-bond donors (Lipinski definition) is 2. The van der Waals surface area contributed by atoms with Crippen LogP contribution in [0.4, 0.5) is 10.5 Å². The molecule has 1 aromatic carbocycles. The van der Waals surface area contributed by atoms with Gasteiger partial charge in [-0.2, -0.15) is 0 Å². The monoisotopic (exact) mass is 403 g/mol. The minimum atomic E-state index is -0.166. The molecule has 3 heterocycles. The number of ether oxygens (including phenoxy) is 3. The van der Waals surface area contributed by atoms with Crippen LogP contribution in [0.1, 0.15) is 32.1 Å². The van der Waals surface area contributed by atoms with Gasteiger partial charge in [0.25, 0.3) is 0 Å². The molecule has 3 atom stereocenters. The van der Waals surface area contributed by atoms with Crippen LogP contribution in [0.2, 0.25) is 0 Å². The molecule has 2 amide bonds. The first-order chi connectivity index (χ1) is 14.3. The molecule has 0 unspecified atom stereocenters. The van der Waals surface area contributed by atoms with Crippen molar-refractivity contribution in [2.45, 2.75) is 44.2 Å². The third-order valence-electron chi connectivity index (χ3n) is 6.16. The smallest absolute Gasteiger partial charge is 0.319 e. The zero-order chi connectivity index (χ0) is 19.9. The molecule has 3 aliphatic heterocycles. The van der Waals surface area contributed by atoms with Gasteiger partial charge < -0.3 is 24.8 Å². The Morgan fingerprint density at radius 2 is 1.97 bits per heavy atom. The van der Waals surface area contributed by atoms with Crippen LogP contribution >= 0.6 is 0 Å². The van der Waals surface area contributed by atoms with E-state index in [9.17, 15) is 4.79 Å². The highest BCUT2D eigenvalue weighted by Gasteiger charge is 2.32. The number of likely N-dealkylation sites (tertiary alicyclic amines) is 1. The minimum Gasteiger partial charge on any atom is -0.491 e. The van der Waals surface area contributed by atoms with E-state index in [1.54, 1.807) is 0 Å². The molecule has 0 radical (unpaired) electrons. The van der Waals surface area contributed by atoms with Crippen molar-refractivity contribution < 1.29 is 19.0 Å². The third kappa shape index (κ3) is 5.84. The van der Waals surface area contributed by atoms with Gasteiger partial charge in [0.05, 0.1) is 12.7 Å². The van der Waals surface area contributed by atoms with Gasteiger partial charge in [0.2, 0.25) is 0 Å². The molecule has 0 aromatic heterocycles. The SMILES string of the molecule is O=C(NC[C@H]([C@@H]1CCOC1)N1CCCC1)Nc1ccc(OC[C@H]2CCCO2)cc1. The normalized spacial score (nSPS) is 25.8. The number of nitrogens with one attached hydrogen (secondary N) is 2. The van der Waals surface area contributed by atoms with E-state index in [-0.39, 0.29) is 12.1 Å². The summed E-state index contributed by atoms with van der Waals surface area (Å²) in [6, 6.07) is 7.70. The summed E-state index contributed by atoms with van der Waals surface area (Å²) in [5.41, 5.74) is 0.758. The quantitative estimate of drug-likeness (QED) is 0.698. The molecule has 3 aliphatic rings. The molecular weight excluding hydrogens is 370 g/mol. The van der Waals surface area contributed by atoms with E-state index in [0.717, 1.165) is 63.6 Å². The fourth-order valence-electron chi connectivity index (χ4n) is 4.50. The topological polar surface area (TPSA) is 72.1 Å². The van der Waals surface area contributed by atoms with Crippen LogP contribution in [0.5, 0.6) is 5.75 Å². The number of anilines is 1. The summed E-state index contributed by atoms with van der Waals surface area (Å²) in [4.78, 5) is 14.9. The lowest BCUT2D eigenvalue weighted by Gasteiger charge is -2.31. The second-order valence-electron chi connectivity index (χ2n) is 8.24. The fourth-order valence-corrected chi connectivity index (χ4v) is 4.50. The first-order valence-electron chi connectivity index (χ1n) is 11.0. The predicted octanol–water partition coefficient (Wildman–Crippen LogP) is 2.87. The van der Waals surface area contributed by atoms with Crippen LogP contribution in [0, 0.1) is 5.92 Å². The van der Waals surface area contributed by atoms with Gasteiger partial charge in [0.15, 0.2) is 0 Å². The Morgan fingerprint density at radius 3 is 2.66 bits per heavy atom. The van der Waals surface area contributed by atoms with E-state index >= 15 is 0 Å². The van der Waals surface area contributed by atoms with Gasteiger partial charge >= 0.3 is 6.03 Å². The number of carbonyl (C=O) groups excluding carboxylic acids is 1. The van der Waals surface area contributed by atoms with Crippen molar-refractivity contribution in [1.29, 1.82) is 0 Å². The Bertz CT molecular complexity index is 620. The van der Waals surface area contributed by atoms with Crippen LogP contribution in [-0.4, -0.2) is 69.1 Å². The van der Waals surface area contributed by atoms with Gasteiger partial charge in [-0.15, -0.1) is 0 Å². The highest BCUT2D eigenvalue weighted by Crippen LogP contribution is 2.24. The van der Waals surface area contributed by atoms with Gasteiger partial charge in [0.1, 0.15) is 12.4 Å². The minimum absolute atomic E-state index is 0.166. The van der Waals surface area contributed by atoms with E-state index in [4.69, 9.17) is 14.2 Å². The van der Waals surface area contributed by atoms with E-state index in [0.29, 0.717) is 25.1 Å². The van der Waals surface area contributed by atoms with Crippen LogP contribution < -0.4 is 15.4 Å². The third-order valence-corrected chi connectivity index (χ3v) is 6.16. The molecule has 0 aliphatic carbocycles. The zero-order valence-electron chi connectivity index (χ0n) is 17.1. The molecule has 0 spiro atoms. The number of urea groups is 1. The van der Waals surface area contributed by atoms with Gasteiger partial charge in [-0.05, 0) is 69.5 Å². The lowest BCUT2D eigenvalue weighted by molar-refractivity contribution is 0.0679. The average molecular weight is 404 g/mol. The molecule has 0 bridgehead atoms. The fraction of sp³-hybridized carbons (Fsp3) is 0.682. The van der Waals surface area contributed by atoms with Crippen molar-refractivity contribution in [3.8, 4) is 5.75 Å². The number of nitrogens with zero attached hydrogens (tertiary/aromatic N) is 1. The molecule has 3 saturated heterocycles. The van der Waals surface area contributed by atoms with Crippen molar-refractivity contribution in [1.82, 2.24) is 10.2 Å². The number of benzene rings is 1. The molecular formula is C22H33N3O4. The summed E-state index contributed by atoms with van der Waals surface area (Å²) < 4.78 is 16.9. The molecule has 4 rings (SSSR count). The Morgan fingerprint density at radius 1 is 1.14 bits per heavy atom. The summed E-state index contributed by atoms with van der Waals surface area (Å²) >= 11 is 0. The van der Waals surface area contributed by atoms with Gasteiger partial charge in [-0.3, -0.25) is 4.90 Å². The summed E-state index contributed by atoms with van der Waals surface area (Å²) in [5, 5.41) is 5.99. The maximum Gasteiger partial charge on any atom is 0.319 e. The maximum absolute atomic E-state index is 12.4. The van der Waals surface area contributed by atoms with Crippen molar-refractivity contribution in [2.75, 3.05) is 51.4 Å². The van der Waals surface area contributed by atoms with E-state index in [2.05, 4.69) is 15.5 Å². The highest BCUT2D eigenvalue weighted by molar-refractivity contribution is 5.89. The van der Waals surface area contributed by atoms with Gasteiger partial charge in [-0.25, -0.2) is 4.79 Å². The molecule has 7 nitrogen and oxygen atoms in total. The molecule has 0 saturated carbocycles. The number of hydrogen-bond acceptors (Lipinski definition) is 5. The van der Waals surface area contributed by atoms with Crippen molar-refractivity contribution >= 4 is 11.7 Å². The van der Waals surface area contributed by atoms with Gasteiger partial charge in [-0.1, -0.05) is 0 Å². The predicted molar refractivity (Wildman–Crippen MR) is 111 cm³/mol. The van der Waals surface area contributed by atoms with Gasteiger partial charge in [0, 0.05) is 37.4 Å². The maximum atomic E-state index is 12.4. The first kappa shape index (κ1) is 20.4. The van der Waals surface area contributed by atoms with Crippen molar-refractivity contribution in [3.05, 3.63) is 24.3 Å². The molecule has 7 heteroatoms. The number of rotatable bonds is 8. The zero-order valence-corrected chi connectivity index (χ0v) is 17.1. The number of carbonyl (C=O) groups is 1. The Kier molecular flexibility index (Phi) is 7.24. The summed E-state index contributed by atoms with van der Waals surface area (Å²) in [6.07, 6.45) is 5.95. The van der Waals surface area contributed by atoms with Crippen molar-refractivity contribution in [2.24, 2.45) is 5.92 Å². The molecule has 2 N–H and O–H groups in total. The highest BCUT2D eigenvalue weighted by atomic mass is 16.5. The lowest BCUT2D eigenvalue weighted by atomic mass is 9.97. The van der Waals surface area contributed by atoms with Crippen LogP contribution in [-0.2, 0) is 9.47 Å². The Hall–Kier alpha value is -1.83. The molecule has 160 valence electrons. The van der Waals surface area contributed by atoms with Crippen LogP contribution in [0.25, 0.3) is 0 Å².